The Balaban J connectivity index is 1.24. The smallest absolute Gasteiger partial charge is 0.305 e. The summed E-state index contributed by atoms with van der Waals surface area (Å²) in [6.07, 6.45) is 0. The van der Waals surface area contributed by atoms with E-state index in [2.05, 4.69) is 10.3 Å². The van der Waals surface area contributed by atoms with Gasteiger partial charge in [0.25, 0.3) is 11.6 Å². The Hall–Kier alpha value is -4.75. The lowest BCUT2D eigenvalue weighted by Crippen LogP contribution is -2.32. The molecule has 13 heteroatoms. The number of ether oxygens (including phenoxy) is 1. The van der Waals surface area contributed by atoms with Crippen molar-refractivity contribution in [2.45, 2.75) is 23.1 Å². The van der Waals surface area contributed by atoms with Crippen molar-refractivity contribution in [3.63, 3.8) is 0 Å². The van der Waals surface area contributed by atoms with Crippen molar-refractivity contribution in [2.24, 2.45) is 5.92 Å². The Morgan fingerprint density at radius 1 is 1.00 bits per heavy atom. The molecular formula is C29H22N4O7S2. The van der Waals surface area contributed by atoms with Gasteiger partial charge in [-0.1, -0.05) is 52.9 Å². The number of anilines is 2. The number of non-ortho nitro benzene ring substituents is 1. The number of carbonyl (C=O) groups excluding carboxylic acids is 3. The van der Waals surface area contributed by atoms with Crippen LogP contribution in [0.3, 0.4) is 0 Å². The van der Waals surface area contributed by atoms with E-state index in [4.69, 9.17) is 4.74 Å². The monoisotopic (exact) mass is 602 g/mol. The molecule has 3 aromatic carbocycles. The molecule has 0 bridgehead atoms. The zero-order chi connectivity index (χ0) is 29.5. The summed E-state index contributed by atoms with van der Waals surface area (Å²) in [6.45, 7) is 1.75. The zero-order valence-corrected chi connectivity index (χ0v) is 23.6. The van der Waals surface area contributed by atoms with E-state index in [-0.39, 0.29) is 28.8 Å². The van der Waals surface area contributed by atoms with Crippen molar-refractivity contribution >= 4 is 57.9 Å². The fourth-order valence-corrected chi connectivity index (χ4v) is 7.62. The minimum absolute atomic E-state index is 0.155. The number of benzene rings is 3. The first-order valence-electron chi connectivity index (χ1n) is 12.8. The number of carbonyl (C=O) groups is 3. The van der Waals surface area contributed by atoms with Gasteiger partial charge in [-0.2, -0.15) is 0 Å². The minimum atomic E-state index is -0.802. The van der Waals surface area contributed by atoms with Crippen LogP contribution in [0.1, 0.15) is 21.9 Å². The molecule has 3 atom stereocenters. The van der Waals surface area contributed by atoms with Crippen LogP contribution in [-0.4, -0.2) is 39.5 Å². The van der Waals surface area contributed by atoms with Crippen LogP contribution in [0.4, 0.5) is 17.1 Å². The molecule has 3 heterocycles. The summed E-state index contributed by atoms with van der Waals surface area (Å²) in [6, 6.07) is 19.5. The molecule has 1 aromatic heterocycles. The average Bonchev–Trinajstić information content (AvgIpc) is 3.47. The molecule has 3 unspecified atom stereocenters. The lowest BCUT2D eigenvalue weighted by atomic mass is 9.83. The van der Waals surface area contributed by atoms with Crippen molar-refractivity contribution < 1.29 is 24.0 Å². The van der Waals surface area contributed by atoms with Gasteiger partial charge >= 0.3 is 4.87 Å². The molecule has 212 valence electrons. The molecule has 2 N–H and O–H groups in total. The van der Waals surface area contributed by atoms with Crippen LogP contribution in [0, 0.1) is 23.0 Å². The second kappa shape index (κ2) is 10.9. The van der Waals surface area contributed by atoms with E-state index < -0.39 is 33.8 Å². The molecule has 0 radical (unpaired) electrons. The second-order valence-corrected chi connectivity index (χ2v) is 12.0. The predicted octanol–water partition coefficient (Wildman–Crippen LogP) is 4.47. The van der Waals surface area contributed by atoms with Gasteiger partial charge in [-0.3, -0.25) is 29.3 Å². The Bertz CT molecular complexity index is 1770. The largest absolute Gasteiger partial charge is 0.484 e. The summed E-state index contributed by atoms with van der Waals surface area (Å²) in [7, 11) is 0. The average molecular weight is 603 g/mol. The number of thioether (sulfide) groups is 1. The van der Waals surface area contributed by atoms with Crippen LogP contribution in [0.5, 0.6) is 5.75 Å². The van der Waals surface area contributed by atoms with Crippen LogP contribution < -0.4 is 19.8 Å². The second-order valence-electron chi connectivity index (χ2n) is 9.81. The zero-order valence-electron chi connectivity index (χ0n) is 21.9. The van der Waals surface area contributed by atoms with Gasteiger partial charge in [-0.15, -0.1) is 0 Å². The number of hydrogen-bond donors (Lipinski definition) is 2. The Morgan fingerprint density at radius 3 is 2.36 bits per heavy atom. The van der Waals surface area contributed by atoms with E-state index >= 15 is 0 Å². The molecule has 6 rings (SSSR count). The number of aromatic nitrogens is 1. The summed E-state index contributed by atoms with van der Waals surface area (Å²) in [4.78, 5) is 66.7. The molecular weight excluding hydrogens is 580 g/mol. The molecule has 11 nitrogen and oxygen atoms in total. The number of amides is 3. The molecule has 0 spiro atoms. The fraction of sp³-hybridized carbons (Fsp3) is 0.172. The van der Waals surface area contributed by atoms with Crippen molar-refractivity contribution in [1.29, 1.82) is 0 Å². The Kier molecular flexibility index (Phi) is 7.12. The number of nitro groups is 1. The van der Waals surface area contributed by atoms with Crippen LogP contribution >= 0.6 is 23.1 Å². The number of rotatable bonds is 7. The first-order chi connectivity index (χ1) is 20.2. The molecule has 2 aliphatic rings. The standard InChI is InChI=1S/C29H22N4O7S2/c1-15-2-6-17(7-3-15)30-21(34)14-40-20-12-4-16(5-13-20)22-23-25(41-26-24(22)42-29(37)31-26)28(36)32(27(23)35)18-8-10-19(11-9-18)33(38)39/h2-13,22-23,25H,14H2,1H3,(H,30,34)(H,31,37). The number of aromatic amines is 1. The van der Waals surface area contributed by atoms with E-state index in [9.17, 15) is 29.3 Å². The maximum atomic E-state index is 13.8. The van der Waals surface area contributed by atoms with Crippen molar-refractivity contribution in [1.82, 2.24) is 4.98 Å². The number of nitrogens with one attached hydrogen (secondary N) is 2. The number of nitro benzene ring substituents is 1. The van der Waals surface area contributed by atoms with Crippen LogP contribution in [0.25, 0.3) is 0 Å². The molecule has 1 fully saturated rings. The number of fused-ring (bicyclic) bond motifs is 2. The van der Waals surface area contributed by atoms with Crippen molar-refractivity contribution in [3.05, 3.63) is 109 Å². The maximum Gasteiger partial charge on any atom is 0.305 e. The van der Waals surface area contributed by atoms with E-state index in [1.54, 1.807) is 36.4 Å². The highest BCUT2D eigenvalue weighted by Crippen LogP contribution is 2.53. The van der Waals surface area contributed by atoms with Gasteiger partial charge in [-0.05, 0) is 48.9 Å². The fourth-order valence-electron chi connectivity index (χ4n) is 5.11. The van der Waals surface area contributed by atoms with Crippen LogP contribution in [0.15, 0.2) is 82.6 Å². The third-order valence-electron chi connectivity index (χ3n) is 7.09. The lowest BCUT2D eigenvalue weighted by molar-refractivity contribution is -0.384. The maximum absolute atomic E-state index is 13.8. The van der Waals surface area contributed by atoms with E-state index in [0.29, 0.717) is 26.9 Å². The van der Waals surface area contributed by atoms with Crippen LogP contribution in [0.2, 0.25) is 0 Å². The summed E-state index contributed by atoms with van der Waals surface area (Å²) < 4.78 is 5.66. The van der Waals surface area contributed by atoms with Crippen molar-refractivity contribution in [3.8, 4) is 5.75 Å². The highest BCUT2D eigenvalue weighted by atomic mass is 32.2. The number of H-pyrrole nitrogens is 1. The van der Waals surface area contributed by atoms with Gasteiger partial charge in [0.1, 0.15) is 11.0 Å². The third kappa shape index (κ3) is 5.08. The number of nitrogens with zero attached hydrogens (tertiary/aromatic N) is 2. The minimum Gasteiger partial charge on any atom is -0.484 e. The molecule has 4 aromatic rings. The van der Waals surface area contributed by atoms with E-state index in [1.165, 1.54) is 24.3 Å². The highest BCUT2D eigenvalue weighted by Gasteiger charge is 2.56. The summed E-state index contributed by atoms with van der Waals surface area (Å²) >= 11 is 2.14. The molecule has 2 aliphatic heterocycles. The number of hydrogen-bond acceptors (Lipinski definition) is 9. The Morgan fingerprint density at radius 2 is 1.69 bits per heavy atom. The third-order valence-corrected chi connectivity index (χ3v) is 9.49. The van der Waals surface area contributed by atoms with Gasteiger partial charge in [0, 0.05) is 28.6 Å². The number of thiazole rings is 1. The first-order valence-corrected chi connectivity index (χ1v) is 14.5. The topological polar surface area (TPSA) is 152 Å². The summed E-state index contributed by atoms with van der Waals surface area (Å²) in [5.41, 5.74) is 2.53. The SMILES string of the molecule is Cc1ccc(NC(=O)COc2ccc(C3c4sc(=O)[nH]c4SC4C(=O)N(c5ccc([N+](=O)[O-])cc5)C(=O)C43)cc2)cc1. The van der Waals surface area contributed by atoms with Gasteiger partial charge in [0.15, 0.2) is 6.61 Å². The van der Waals surface area contributed by atoms with Gasteiger partial charge in [0.2, 0.25) is 11.8 Å². The van der Waals surface area contributed by atoms with Gasteiger partial charge in [-0.25, -0.2) is 4.90 Å². The predicted molar refractivity (Wildman–Crippen MR) is 157 cm³/mol. The van der Waals surface area contributed by atoms with Crippen molar-refractivity contribution in [2.75, 3.05) is 16.8 Å². The van der Waals surface area contributed by atoms with Gasteiger partial charge in [0.05, 0.1) is 21.6 Å². The molecule has 0 saturated carbocycles. The van der Waals surface area contributed by atoms with E-state index in [0.717, 1.165) is 33.6 Å². The lowest BCUT2D eigenvalue weighted by Gasteiger charge is -2.29. The number of imide groups is 1. The molecule has 42 heavy (non-hydrogen) atoms. The summed E-state index contributed by atoms with van der Waals surface area (Å²) in [5, 5.41) is 13.6. The molecule has 3 amide bonds. The highest BCUT2D eigenvalue weighted by molar-refractivity contribution is 8.00. The molecule has 0 aliphatic carbocycles. The van der Waals surface area contributed by atoms with Gasteiger partial charge < -0.3 is 15.0 Å². The van der Waals surface area contributed by atoms with E-state index in [1.807, 2.05) is 19.1 Å². The number of aryl methyl sites for hydroxylation is 1. The summed E-state index contributed by atoms with van der Waals surface area (Å²) in [5.74, 6) is -2.18. The normalized spacial score (nSPS) is 19.3. The molecule has 1 saturated heterocycles. The van der Waals surface area contributed by atoms with Crippen LogP contribution in [-0.2, 0) is 14.4 Å². The Labute approximate surface area is 246 Å². The quantitative estimate of drug-likeness (QED) is 0.179. The first kappa shape index (κ1) is 27.4.